The van der Waals surface area contributed by atoms with Crippen molar-refractivity contribution in [2.75, 3.05) is 6.54 Å². The number of nitrogens with zero attached hydrogens (tertiary/aromatic N) is 1. The van der Waals surface area contributed by atoms with Gasteiger partial charge < -0.3 is 10.4 Å². The van der Waals surface area contributed by atoms with E-state index in [0.29, 0.717) is 25.8 Å². The van der Waals surface area contributed by atoms with Gasteiger partial charge in [0, 0.05) is 6.54 Å². The average Bonchev–Trinajstić information content (AvgIpc) is 2.25. The van der Waals surface area contributed by atoms with E-state index in [1.807, 2.05) is 19.9 Å². The fraction of sp³-hybridized carbons (Fsp3) is 0.818. The number of carbonyl (C=O) groups is 1. The molecule has 4 nitrogen and oxygen atoms in total. The summed E-state index contributed by atoms with van der Waals surface area (Å²) in [5.41, 5.74) is 0. The van der Waals surface area contributed by atoms with Crippen LogP contribution in [0.5, 0.6) is 0 Å². The molecule has 4 heteroatoms. The molecule has 0 aliphatic carbocycles. The highest BCUT2D eigenvalue weighted by Gasteiger charge is 2.15. The summed E-state index contributed by atoms with van der Waals surface area (Å²) in [5, 5.41) is 20.6. The minimum absolute atomic E-state index is 0.220. The number of nitrogens with one attached hydrogen (secondary N) is 1. The third-order valence-corrected chi connectivity index (χ3v) is 2.30. The molecule has 0 bridgehead atoms. The molecular weight excluding hydrogens is 192 g/mol. The summed E-state index contributed by atoms with van der Waals surface area (Å²) in [7, 11) is 0. The van der Waals surface area contributed by atoms with Gasteiger partial charge in [0.15, 0.2) is 0 Å². The van der Waals surface area contributed by atoms with Crippen molar-refractivity contribution in [1.82, 2.24) is 5.32 Å². The Kier molecular flexibility index (Phi) is 7.65. The van der Waals surface area contributed by atoms with Gasteiger partial charge in [0.2, 0.25) is 5.91 Å². The van der Waals surface area contributed by atoms with Crippen molar-refractivity contribution in [2.24, 2.45) is 5.92 Å². The molecule has 0 aliphatic heterocycles. The largest absolute Gasteiger partial charge is 0.393 e. The Morgan fingerprint density at radius 1 is 1.47 bits per heavy atom. The van der Waals surface area contributed by atoms with Crippen molar-refractivity contribution in [3.63, 3.8) is 0 Å². The maximum absolute atomic E-state index is 11.4. The molecule has 0 spiro atoms. The smallest absolute Gasteiger partial charge is 0.237 e. The number of aliphatic hydroxyl groups is 1. The van der Waals surface area contributed by atoms with Gasteiger partial charge in [-0.1, -0.05) is 20.3 Å². The second-order valence-electron chi connectivity index (χ2n) is 3.61. The molecule has 0 radical (unpaired) electrons. The lowest BCUT2D eigenvalue weighted by Gasteiger charge is -2.11. The molecule has 0 aromatic heterocycles. The van der Waals surface area contributed by atoms with Crippen LogP contribution in [0.3, 0.4) is 0 Å². The van der Waals surface area contributed by atoms with Gasteiger partial charge in [-0.2, -0.15) is 5.26 Å². The Balaban J connectivity index is 3.77. The van der Waals surface area contributed by atoms with Crippen LogP contribution in [0.15, 0.2) is 0 Å². The Hall–Kier alpha value is -1.08. The Bertz CT molecular complexity index is 223. The lowest BCUT2D eigenvalue weighted by atomic mass is 10.0. The van der Waals surface area contributed by atoms with Crippen molar-refractivity contribution >= 4 is 5.91 Å². The predicted molar refractivity (Wildman–Crippen MR) is 57.9 cm³/mol. The molecule has 0 heterocycles. The number of aliphatic hydroxyl groups excluding tert-OH is 1. The topological polar surface area (TPSA) is 73.1 Å². The van der Waals surface area contributed by atoms with Gasteiger partial charge in [-0.05, 0) is 19.3 Å². The van der Waals surface area contributed by atoms with Crippen molar-refractivity contribution in [1.29, 1.82) is 5.26 Å². The van der Waals surface area contributed by atoms with Crippen molar-refractivity contribution in [3.05, 3.63) is 0 Å². The monoisotopic (exact) mass is 212 g/mol. The molecule has 0 saturated carbocycles. The first-order chi connectivity index (χ1) is 7.15. The van der Waals surface area contributed by atoms with Crippen LogP contribution < -0.4 is 5.32 Å². The van der Waals surface area contributed by atoms with Crippen LogP contribution in [-0.2, 0) is 4.79 Å². The first kappa shape index (κ1) is 13.9. The number of carbonyl (C=O) groups excluding carboxylic acids is 1. The van der Waals surface area contributed by atoms with Crippen molar-refractivity contribution in [2.45, 2.75) is 45.6 Å². The van der Waals surface area contributed by atoms with Gasteiger partial charge in [-0.25, -0.2) is 0 Å². The average molecular weight is 212 g/mol. The fourth-order valence-corrected chi connectivity index (χ4v) is 1.23. The summed E-state index contributed by atoms with van der Waals surface area (Å²) < 4.78 is 0. The molecule has 15 heavy (non-hydrogen) atoms. The second kappa shape index (κ2) is 8.25. The van der Waals surface area contributed by atoms with E-state index in [1.54, 1.807) is 0 Å². The normalized spacial score (nSPS) is 14.0. The standard InChI is InChI=1S/C11H20N2O2/c1-3-5-9(8-12)11(15)13-7-6-10(14)4-2/h9-10,14H,3-7H2,1-2H3,(H,13,15). The fourth-order valence-electron chi connectivity index (χ4n) is 1.23. The van der Waals surface area contributed by atoms with Crippen LogP contribution in [-0.4, -0.2) is 23.7 Å². The highest BCUT2D eigenvalue weighted by Crippen LogP contribution is 2.04. The number of rotatable bonds is 7. The van der Waals surface area contributed by atoms with Crippen LogP contribution >= 0.6 is 0 Å². The van der Waals surface area contributed by atoms with Gasteiger partial charge in [-0.3, -0.25) is 4.79 Å². The van der Waals surface area contributed by atoms with Gasteiger partial charge in [0.1, 0.15) is 5.92 Å². The molecule has 1 amide bonds. The van der Waals surface area contributed by atoms with E-state index in [0.717, 1.165) is 6.42 Å². The number of hydrogen-bond donors (Lipinski definition) is 2. The lowest BCUT2D eigenvalue weighted by molar-refractivity contribution is -0.123. The highest BCUT2D eigenvalue weighted by atomic mass is 16.3. The van der Waals surface area contributed by atoms with E-state index in [2.05, 4.69) is 5.32 Å². The molecule has 2 N–H and O–H groups in total. The summed E-state index contributed by atoms with van der Waals surface area (Å²) in [6.07, 6.45) is 2.29. The summed E-state index contributed by atoms with van der Waals surface area (Å²) >= 11 is 0. The molecule has 0 aromatic rings. The van der Waals surface area contributed by atoms with E-state index in [4.69, 9.17) is 5.26 Å². The van der Waals surface area contributed by atoms with Crippen LogP contribution in [0.2, 0.25) is 0 Å². The van der Waals surface area contributed by atoms with Gasteiger partial charge >= 0.3 is 0 Å². The molecule has 0 fully saturated rings. The zero-order valence-electron chi connectivity index (χ0n) is 9.49. The molecule has 0 rings (SSSR count). The predicted octanol–water partition coefficient (Wildman–Crippen LogP) is 1.20. The van der Waals surface area contributed by atoms with E-state index in [-0.39, 0.29) is 12.0 Å². The number of nitriles is 1. The maximum Gasteiger partial charge on any atom is 0.237 e. The lowest BCUT2D eigenvalue weighted by Crippen LogP contribution is -2.32. The third-order valence-electron chi connectivity index (χ3n) is 2.30. The van der Waals surface area contributed by atoms with Crippen molar-refractivity contribution < 1.29 is 9.90 Å². The van der Waals surface area contributed by atoms with Crippen molar-refractivity contribution in [3.8, 4) is 6.07 Å². The van der Waals surface area contributed by atoms with E-state index in [1.165, 1.54) is 0 Å². The molecule has 2 atom stereocenters. The Morgan fingerprint density at radius 3 is 2.60 bits per heavy atom. The summed E-state index contributed by atoms with van der Waals surface area (Å²) in [4.78, 5) is 11.4. The van der Waals surface area contributed by atoms with E-state index < -0.39 is 5.92 Å². The summed E-state index contributed by atoms with van der Waals surface area (Å²) in [6, 6.07) is 1.98. The molecule has 0 saturated heterocycles. The molecule has 0 aliphatic rings. The first-order valence-corrected chi connectivity index (χ1v) is 5.51. The highest BCUT2D eigenvalue weighted by molar-refractivity contribution is 5.80. The van der Waals surface area contributed by atoms with Gasteiger partial charge in [-0.15, -0.1) is 0 Å². The SMILES string of the molecule is CCCC(C#N)C(=O)NCCC(O)CC. The van der Waals surface area contributed by atoms with Crippen LogP contribution in [0, 0.1) is 17.2 Å². The quantitative estimate of drug-likeness (QED) is 0.666. The Morgan fingerprint density at radius 2 is 2.13 bits per heavy atom. The van der Waals surface area contributed by atoms with Gasteiger partial charge in [0.25, 0.3) is 0 Å². The zero-order valence-corrected chi connectivity index (χ0v) is 9.49. The van der Waals surface area contributed by atoms with Crippen LogP contribution in [0.1, 0.15) is 39.5 Å². The van der Waals surface area contributed by atoms with Crippen LogP contribution in [0.4, 0.5) is 0 Å². The molecule has 0 aromatic carbocycles. The van der Waals surface area contributed by atoms with E-state index in [9.17, 15) is 9.90 Å². The summed E-state index contributed by atoms with van der Waals surface area (Å²) in [6.45, 7) is 4.27. The summed E-state index contributed by atoms with van der Waals surface area (Å²) in [5.74, 6) is -0.767. The molecule has 2 unspecified atom stereocenters. The van der Waals surface area contributed by atoms with E-state index >= 15 is 0 Å². The maximum atomic E-state index is 11.4. The molecular formula is C11H20N2O2. The molecule has 86 valence electrons. The number of hydrogen-bond acceptors (Lipinski definition) is 3. The minimum atomic E-state index is -0.547. The number of amides is 1. The Labute approximate surface area is 91.3 Å². The first-order valence-electron chi connectivity index (χ1n) is 5.51. The van der Waals surface area contributed by atoms with Gasteiger partial charge in [0.05, 0.1) is 12.2 Å². The minimum Gasteiger partial charge on any atom is -0.393 e. The second-order valence-corrected chi connectivity index (χ2v) is 3.61. The zero-order chi connectivity index (χ0) is 11.7. The van der Waals surface area contributed by atoms with Crippen LogP contribution in [0.25, 0.3) is 0 Å². The third kappa shape index (κ3) is 6.08.